The average Bonchev–Trinajstić information content (AvgIpc) is 2.14. The summed E-state index contributed by atoms with van der Waals surface area (Å²) in [5.74, 6) is -4.41. The summed E-state index contributed by atoms with van der Waals surface area (Å²) in [6, 6.07) is -0.651. The predicted octanol–water partition coefficient (Wildman–Crippen LogP) is 1.08. The van der Waals surface area contributed by atoms with Gasteiger partial charge in [-0.2, -0.15) is 0 Å². The topological polar surface area (TPSA) is 104 Å². The van der Waals surface area contributed by atoms with Gasteiger partial charge in [0.25, 0.3) is 0 Å². The van der Waals surface area contributed by atoms with Gasteiger partial charge in [0.2, 0.25) is 0 Å². The summed E-state index contributed by atoms with van der Waals surface area (Å²) in [4.78, 5) is 10.5. The van der Waals surface area contributed by atoms with Gasteiger partial charge in [0.15, 0.2) is 17.3 Å². The lowest BCUT2D eigenvalue weighted by Gasteiger charge is -2.12. The maximum absolute atomic E-state index is 13.4. The summed E-state index contributed by atoms with van der Waals surface area (Å²) in [7, 11) is 0. The van der Waals surface area contributed by atoms with Crippen molar-refractivity contribution < 1.29 is 24.5 Å². The standard InChI is InChI=1S/C8H7BrFNO4/c9-2-1-3(12)7(13)5(10)4(2)6(11)8(14)15/h1,6,12-13H,11H2,(H,14,15). The van der Waals surface area contributed by atoms with Crippen molar-refractivity contribution >= 4 is 21.9 Å². The molecule has 1 unspecified atom stereocenters. The van der Waals surface area contributed by atoms with Crippen LogP contribution in [0, 0.1) is 5.82 Å². The summed E-state index contributed by atoms with van der Waals surface area (Å²) in [5, 5.41) is 26.7. The van der Waals surface area contributed by atoms with Crippen molar-refractivity contribution in [2.75, 3.05) is 0 Å². The number of halogens is 2. The highest BCUT2D eigenvalue weighted by atomic mass is 79.9. The van der Waals surface area contributed by atoms with Crippen molar-refractivity contribution in [2.24, 2.45) is 5.73 Å². The van der Waals surface area contributed by atoms with Gasteiger partial charge >= 0.3 is 5.97 Å². The minimum atomic E-state index is -1.62. The molecule has 0 aromatic heterocycles. The first-order valence-electron chi connectivity index (χ1n) is 3.74. The van der Waals surface area contributed by atoms with Gasteiger partial charge in [-0.25, -0.2) is 4.39 Å². The largest absolute Gasteiger partial charge is 0.504 e. The molecular formula is C8H7BrFNO4. The molecule has 1 aromatic carbocycles. The second-order valence-corrected chi connectivity index (χ2v) is 3.62. The molecule has 15 heavy (non-hydrogen) atoms. The van der Waals surface area contributed by atoms with Crippen molar-refractivity contribution in [3.05, 3.63) is 21.9 Å². The Labute approximate surface area is 92.1 Å². The zero-order valence-corrected chi connectivity index (χ0v) is 8.82. The second kappa shape index (κ2) is 4.03. The van der Waals surface area contributed by atoms with E-state index in [1.54, 1.807) is 0 Å². The number of nitrogens with two attached hydrogens (primary N) is 1. The Balaban J connectivity index is 3.42. The lowest BCUT2D eigenvalue weighted by atomic mass is 10.1. The molecule has 7 heteroatoms. The number of phenols is 2. The number of rotatable bonds is 2. The van der Waals surface area contributed by atoms with Crippen LogP contribution in [0.5, 0.6) is 11.5 Å². The monoisotopic (exact) mass is 279 g/mol. The number of aliphatic carboxylic acids is 1. The smallest absolute Gasteiger partial charge is 0.325 e. The van der Waals surface area contributed by atoms with Crippen LogP contribution in [-0.4, -0.2) is 21.3 Å². The average molecular weight is 280 g/mol. The van der Waals surface area contributed by atoms with Crippen LogP contribution in [0.2, 0.25) is 0 Å². The molecule has 0 amide bonds. The van der Waals surface area contributed by atoms with Crippen molar-refractivity contribution in [2.45, 2.75) is 6.04 Å². The van der Waals surface area contributed by atoms with Crippen molar-refractivity contribution in [1.29, 1.82) is 0 Å². The first-order chi connectivity index (χ1) is 6.86. The Bertz CT molecular complexity index is 424. The van der Waals surface area contributed by atoms with Crippen LogP contribution in [-0.2, 0) is 4.79 Å². The Morgan fingerprint density at radius 3 is 2.53 bits per heavy atom. The number of benzene rings is 1. The molecule has 0 aliphatic carbocycles. The summed E-state index contributed by atoms with van der Waals surface area (Å²) in [6.45, 7) is 0. The summed E-state index contributed by atoms with van der Waals surface area (Å²) in [6.07, 6.45) is 0. The summed E-state index contributed by atoms with van der Waals surface area (Å²) < 4.78 is 13.3. The Morgan fingerprint density at radius 2 is 2.07 bits per heavy atom. The summed E-state index contributed by atoms with van der Waals surface area (Å²) in [5.41, 5.74) is 4.78. The molecule has 0 saturated heterocycles. The van der Waals surface area contributed by atoms with E-state index in [4.69, 9.17) is 21.1 Å². The molecule has 0 radical (unpaired) electrons. The van der Waals surface area contributed by atoms with E-state index >= 15 is 0 Å². The Hall–Kier alpha value is -1.34. The highest BCUT2D eigenvalue weighted by molar-refractivity contribution is 9.10. The number of carboxylic acid groups (broad SMARTS) is 1. The van der Waals surface area contributed by atoms with Gasteiger partial charge in [0, 0.05) is 10.0 Å². The first kappa shape index (κ1) is 11.7. The maximum Gasteiger partial charge on any atom is 0.325 e. The number of phenolic OH excluding ortho intramolecular Hbond substituents is 2. The van der Waals surface area contributed by atoms with Gasteiger partial charge in [-0.1, -0.05) is 15.9 Å². The van der Waals surface area contributed by atoms with Crippen LogP contribution in [0.15, 0.2) is 10.5 Å². The number of carboxylic acids is 1. The fourth-order valence-electron chi connectivity index (χ4n) is 1.02. The number of carbonyl (C=O) groups is 1. The van der Waals surface area contributed by atoms with Crippen molar-refractivity contribution in [3.8, 4) is 11.5 Å². The van der Waals surface area contributed by atoms with Gasteiger partial charge in [-0.3, -0.25) is 4.79 Å². The Kier molecular flexibility index (Phi) is 3.15. The van der Waals surface area contributed by atoms with Crippen LogP contribution in [0.4, 0.5) is 4.39 Å². The van der Waals surface area contributed by atoms with Crippen molar-refractivity contribution in [3.63, 3.8) is 0 Å². The number of hydrogen-bond donors (Lipinski definition) is 4. The molecule has 0 heterocycles. The molecule has 1 rings (SSSR count). The molecular weight excluding hydrogens is 273 g/mol. The van der Waals surface area contributed by atoms with E-state index in [-0.39, 0.29) is 4.47 Å². The lowest BCUT2D eigenvalue weighted by Crippen LogP contribution is -2.22. The van der Waals surface area contributed by atoms with E-state index in [2.05, 4.69) is 15.9 Å². The molecule has 5 N–H and O–H groups in total. The summed E-state index contributed by atoms with van der Waals surface area (Å²) >= 11 is 2.85. The molecule has 0 aliphatic rings. The minimum Gasteiger partial charge on any atom is -0.504 e. The van der Waals surface area contributed by atoms with E-state index in [1.807, 2.05) is 0 Å². The van der Waals surface area contributed by atoms with Crippen LogP contribution in [0.3, 0.4) is 0 Å². The molecule has 0 bridgehead atoms. The molecule has 0 saturated carbocycles. The van der Waals surface area contributed by atoms with Crippen LogP contribution >= 0.6 is 15.9 Å². The zero-order valence-electron chi connectivity index (χ0n) is 7.24. The molecule has 0 aliphatic heterocycles. The Morgan fingerprint density at radius 1 is 1.53 bits per heavy atom. The van der Waals surface area contributed by atoms with E-state index in [0.717, 1.165) is 6.07 Å². The molecule has 1 aromatic rings. The predicted molar refractivity (Wildman–Crippen MR) is 52.0 cm³/mol. The van der Waals surface area contributed by atoms with E-state index < -0.39 is 34.9 Å². The zero-order chi connectivity index (χ0) is 11.7. The molecule has 0 fully saturated rings. The third-order valence-corrected chi connectivity index (χ3v) is 2.44. The van der Waals surface area contributed by atoms with Crippen LogP contribution in [0.25, 0.3) is 0 Å². The third kappa shape index (κ3) is 2.02. The quantitative estimate of drug-likeness (QED) is 0.607. The molecule has 0 spiro atoms. The number of hydrogen-bond acceptors (Lipinski definition) is 4. The third-order valence-electron chi connectivity index (χ3n) is 1.78. The fraction of sp³-hybridized carbons (Fsp3) is 0.125. The first-order valence-corrected chi connectivity index (χ1v) is 4.53. The van der Waals surface area contributed by atoms with Crippen molar-refractivity contribution in [1.82, 2.24) is 0 Å². The molecule has 82 valence electrons. The van der Waals surface area contributed by atoms with E-state index in [0.29, 0.717) is 0 Å². The minimum absolute atomic E-state index is 0.0230. The van der Waals surface area contributed by atoms with E-state index in [9.17, 15) is 9.18 Å². The van der Waals surface area contributed by atoms with Gasteiger partial charge in [0.05, 0.1) is 0 Å². The van der Waals surface area contributed by atoms with Gasteiger partial charge in [-0.05, 0) is 6.07 Å². The van der Waals surface area contributed by atoms with E-state index in [1.165, 1.54) is 0 Å². The highest BCUT2D eigenvalue weighted by Gasteiger charge is 2.25. The SMILES string of the molecule is NC(C(=O)O)c1c(Br)cc(O)c(O)c1F. The normalized spacial score (nSPS) is 12.5. The fourth-order valence-corrected chi connectivity index (χ4v) is 1.66. The van der Waals surface area contributed by atoms with Gasteiger partial charge < -0.3 is 21.1 Å². The second-order valence-electron chi connectivity index (χ2n) is 2.77. The molecule has 1 atom stereocenters. The van der Waals surface area contributed by atoms with Gasteiger partial charge in [0.1, 0.15) is 6.04 Å². The molecule has 5 nitrogen and oxygen atoms in total. The highest BCUT2D eigenvalue weighted by Crippen LogP contribution is 2.37. The van der Waals surface area contributed by atoms with Crippen LogP contribution < -0.4 is 5.73 Å². The van der Waals surface area contributed by atoms with Gasteiger partial charge in [-0.15, -0.1) is 0 Å². The maximum atomic E-state index is 13.4. The van der Waals surface area contributed by atoms with Crippen LogP contribution in [0.1, 0.15) is 11.6 Å². The number of aromatic hydroxyl groups is 2. The lowest BCUT2D eigenvalue weighted by molar-refractivity contribution is -0.138.